The summed E-state index contributed by atoms with van der Waals surface area (Å²) in [5.41, 5.74) is 2.69. The summed E-state index contributed by atoms with van der Waals surface area (Å²) >= 11 is 1.84. The lowest BCUT2D eigenvalue weighted by atomic mass is 9.94. The maximum absolute atomic E-state index is 6.21. The number of thiophene rings is 1. The molecule has 0 spiro atoms. The van der Waals surface area contributed by atoms with Crippen LogP contribution in [-0.4, -0.2) is 24.1 Å². The largest absolute Gasteiger partial charge is 0.370 e. The van der Waals surface area contributed by atoms with Crippen LogP contribution in [0.25, 0.3) is 10.1 Å². The van der Waals surface area contributed by atoms with Crippen molar-refractivity contribution in [2.24, 2.45) is 0 Å². The first-order valence-electron chi connectivity index (χ1n) is 9.80. The molecule has 4 aromatic rings. The third kappa shape index (κ3) is 3.61. The summed E-state index contributed by atoms with van der Waals surface area (Å²) in [6.07, 6.45) is 0.306. The van der Waals surface area contributed by atoms with Gasteiger partial charge in [-0.1, -0.05) is 78.9 Å². The van der Waals surface area contributed by atoms with Gasteiger partial charge in [0.1, 0.15) is 0 Å². The van der Waals surface area contributed by atoms with Gasteiger partial charge in [-0.3, -0.25) is 4.90 Å². The van der Waals surface area contributed by atoms with Crippen molar-refractivity contribution in [3.05, 3.63) is 107 Å². The Morgan fingerprint density at radius 3 is 2.07 bits per heavy atom. The number of hydrogen-bond acceptors (Lipinski definition) is 3. The SMILES string of the molecule is c1ccc(C(c2ccccc2)N2CC(OCc3cc4ccccc4s3)C2)cc1. The minimum absolute atomic E-state index is 0.298. The number of benzene rings is 3. The van der Waals surface area contributed by atoms with Crippen LogP contribution in [0.2, 0.25) is 0 Å². The van der Waals surface area contributed by atoms with Crippen LogP contribution < -0.4 is 0 Å². The Morgan fingerprint density at radius 1 is 0.821 bits per heavy atom. The van der Waals surface area contributed by atoms with Gasteiger partial charge >= 0.3 is 0 Å². The van der Waals surface area contributed by atoms with E-state index in [9.17, 15) is 0 Å². The molecule has 0 atom stereocenters. The lowest BCUT2D eigenvalue weighted by molar-refractivity contribution is -0.0733. The zero-order valence-corrected chi connectivity index (χ0v) is 16.5. The first kappa shape index (κ1) is 17.6. The molecular weight excluding hydrogens is 362 g/mol. The monoisotopic (exact) mass is 385 g/mol. The van der Waals surface area contributed by atoms with Crippen LogP contribution in [0.3, 0.4) is 0 Å². The summed E-state index contributed by atoms with van der Waals surface area (Å²) in [5, 5.41) is 1.31. The molecule has 1 saturated heterocycles. The van der Waals surface area contributed by atoms with Gasteiger partial charge in [-0.2, -0.15) is 0 Å². The van der Waals surface area contributed by atoms with Gasteiger partial charge in [0.25, 0.3) is 0 Å². The van der Waals surface area contributed by atoms with Crippen LogP contribution in [0.5, 0.6) is 0 Å². The molecule has 140 valence electrons. The Balaban J connectivity index is 1.25. The average Bonchev–Trinajstić information content (AvgIpc) is 3.14. The lowest BCUT2D eigenvalue weighted by Gasteiger charge is -2.44. The molecule has 0 radical (unpaired) electrons. The number of nitrogens with zero attached hydrogens (tertiary/aromatic N) is 1. The molecule has 0 unspecified atom stereocenters. The van der Waals surface area contributed by atoms with Crippen molar-refractivity contribution in [2.75, 3.05) is 13.1 Å². The molecular formula is C25H23NOS. The highest BCUT2D eigenvalue weighted by Gasteiger charge is 2.34. The Bertz CT molecular complexity index is 965. The van der Waals surface area contributed by atoms with Crippen LogP contribution in [0.15, 0.2) is 91.0 Å². The van der Waals surface area contributed by atoms with E-state index in [1.165, 1.54) is 26.1 Å². The average molecular weight is 386 g/mol. The van der Waals surface area contributed by atoms with Crippen molar-refractivity contribution in [2.45, 2.75) is 18.8 Å². The van der Waals surface area contributed by atoms with E-state index in [4.69, 9.17) is 4.74 Å². The zero-order chi connectivity index (χ0) is 18.8. The number of rotatable bonds is 6. The highest BCUT2D eigenvalue weighted by Crippen LogP contribution is 2.33. The van der Waals surface area contributed by atoms with Crippen molar-refractivity contribution in [1.29, 1.82) is 0 Å². The fourth-order valence-corrected chi connectivity index (χ4v) is 4.97. The van der Waals surface area contributed by atoms with Crippen LogP contribution in [0.1, 0.15) is 22.0 Å². The minimum atomic E-state index is 0.298. The van der Waals surface area contributed by atoms with Crippen LogP contribution >= 0.6 is 11.3 Å². The molecule has 3 aromatic carbocycles. The van der Waals surface area contributed by atoms with Crippen molar-refractivity contribution in [3.8, 4) is 0 Å². The van der Waals surface area contributed by atoms with Gasteiger partial charge < -0.3 is 4.74 Å². The second kappa shape index (κ2) is 7.88. The summed E-state index contributed by atoms with van der Waals surface area (Å²) in [7, 11) is 0. The molecule has 0 saturated carbocycles. The van der Waals surface area contributed by atoms with Gasteiger partial charge in [-0.05, 0) is 28.6 Å². The zero-order valence-electron chi connectivity index (χ0n) is 15.7. The van der Waals surface area contributed by atoms with Crippen molar-refractivity contribution < 1.29 is 4.74 Å². The fraction of sp³-hybridized carbons (Fsp3) is 0.200. The van der Waals surface area contributed by atoms with E-state index in [-0.39, 0.29) is 0 Å². The Labute approximate surface area is 170 Å². The Morgan fingerprint density at radius 2 is 1.43 bits per heavy atom. The summed E-state index contributed by atoms with van der Waals surface area (Å²) in [6.45, 7) is 2.65. The summed E-state index contributed by atoms with van der Waals surface area (Å²) in [4.78, 5) is 3.82. The molecule has 5 rings (SSSR count). The van der Waals surface area contributed by atoms with Gasteiger partial charge in [-0.25, -0.2) is 0 Å². The molecule has 0 N–H and O–H groups in total. The normalized spacial score (nSPS) is 15.2. The van der Waals surface area contributed by atoms with Gasteiger partial charge in [-0.15, -0.1) is 11.3 Å². The Kier molecular flexibility index (Phi) is 4.96. The molecule has 1 aromatic heterocycles. The molecule has 0 aliphatic carbocycles. The summed E-state index contributed by atoms with van der Waals surface area (Å²) in [6, 6.07) is 32.7. The van der Waals surface area contributed by atoms with Crippen LogP contribution in [0, 0.1) is 0 Å². The minimum Gasteiger partial charge on any atom is -0.370 e. The second-order valence-electron chi connectivity index (χ2n) is 7.36. The number of likely N-dealkylation sites (tertiary alicyclic amines) is 1. The van der Waals surface area contributed by atoms with Crippen LogP contribution in [0.4, 0.5) is 0 Å². The number of fused-ring (bicyclic) bond motifs is 1. The third-order valence-electron chi connectivity index (χ3n) is 5.41. The number of hydrogen-bond donors (Lipinski definition) is 0. The first-order valence-corrected chi connectivity index (χ1v) is 10.6. The molecule has 0 bridgehead atoms. The highest BCUT2D eigenvalue weighted by molar-refractivity contribution is 7.19. The third-order valence-corrected chi connectivity index (χ3v) is 6.50. The van der Waals surface area contributed by atoms with E-state index in [2.05, 4.69) is 95.9 Å². The summed E-state index contributed by atoms with van der Waals surface area (Å²) < 4.78 is 7.55. The fourth-order valence-electron chi connectivity index (χ4n) is 3.98. The van der Waals surface area contributed by atoms with Crippen LogP contribution in [-0.2, 0) is 11.3 Å². The van der Waals surface area contributed by atoms with Crippen molar-refractivity contribution in [1.82, 2.24) is 4.90 Å². The standard InChI is InChI=1S/C25H23NOS/c1-3-9-19(10-4-1)25(20-11-5-2-6-12-20)26-16-22(17-26)27-18-23-15-21-13-7-8-14-24(21)28-23/h1-15,22,25H,16-18H2. The van der Waals surface area contributed by atoms with E-state index in [0.29, 0.717) is 18.8 Å². The molecule has 0 amide bonds. The van der Waals surface area contributed by atoms with Gasteiger partial charge in [0, 0.05) is 22.7 Å². The van der Waals surface area contributed by atoms with E-state index in [1.54, 1.807) is 0 Å². The van der Waals surface area contributed by atoms with Gasteiger partial charge in [0.05, 0.1) is 18.8 Å². The van der Waals surface area contributed by atoms with Gasteiger partial charge in [0.15, 0.2) is 0 Å². The number of ether oxygens (including phenoxy) is 1. The molecule has 28 heavy (non-hydrogen) atoms. The van der Waals surface area contributed by atoms with Crippen molar-refractivity contribution >= 4 is 21.4 Å². The van der Waals surface area contributed by atoms with E-state index < -0.39 is 0 Å². The highest BCUT2D eigenvalue weighted by atomic mass is 32.1. The molecule has 2 heterocycles. The smallest absolute Gasteiger partial charge is 0.0834 e. The lowest BCUT2D eigenvalue weighted by Crippen LogP contribution is -2.53. The molecule has 1 aliphatic heterocycles. The van der Waals surface area contributed by atoms with Gasteiger partial charge in [0.2, 0.25) is 0 Å². The molecule has 1 aliphatic rings. The second-order valence-corrected chi connectivity index (χ2v) is 8.53. The maximum atomic E-state index is 6.21. The molecule has 2 nitrogen and oxygen atoms in total. The first-order chi connectivity index (χ1) is 13.9. The quantitative estimate of drug-likeness (QED) is 0.410. The Hall–Kier alpha value is -2.46. The summed E-state index contributed by atoms with van der Waals surface area (Å²) in [5.74, 6) is 0. The van der Waals surface area contributed by atoms with E-state index in [1.807, 2.05) is 11.3 Å². The topological polar surface area (TPSA) is 12.5 Å². The van der Waals surface area contributed by atoms with E-state index in [0.717, 1.165) is 13.1 Å². The van der Waals surface area contributed by atoms with Crippen molar-refractivity contribution in [3.63, 3.8) is 0 Å². The maximum Gasteiger partial charge on any atom is 0.0834 e. The van der Waals surface area contributed by atoms with E-state index >= 15 is 0 Å². The predicted octanol–water partition coefficient (Wildman–Crippen LogP) is 5.89. The molecule has 3 heteroatoms. The predicted molar refractivity (Wildman–Crippen MR) is 117 cm³/mol. The molecule has 1 fully saturated rings.